The van der Waals surface area contributed by atoms with E-state index in [0.717, 1.165) is 7.11 Å². The maximum atomic E-state index is 12.8. The van der Waals surface area contributed by atoms with Crippen LogP contribution in [0.15, 0.2) is 6.20 Å². The number of amides is 1. The number of ether oxygens (including phenoxy) is 1. The summed E-state index contributed by atoms with van der Waals surface area (Å²) >= 11 is 0. The van der Waals surface area contributed by atoms with Gasteiger partial charge in [-0.15, -0.1) is 0 Å². The van der Waals surface area contributed by atoms with Crippen molar-refractivity contribution in [3.8, 4) is 5.88 Å². The summed E-state index contributed by atoms with van der Waals surface area (Å²) in [6, 6.07) is -0.679. The topological polar surface area (TPSA) is 78.8 Å². The van der Waals surface area contributed by atoms with Crippen molar-refractivity contribution in [3.05, 3.63) is 11.8 Å². The van der Waals surface area contributed by atoms with Crippen LogP contribution in [-0.2, 0) is 6.18 Å². The van der Waals surface area contributed by atoms with E-state index in [1.54, 1.807) is 18.7 Å². The Morgan fingerprint density at radius 3 is 2.35 bits per heavy atom. The summed E-state index contributed by atoms with van der Waals surface area (Å²) in [5.41, 5.74) is -1.05. The zero-order chi connectivity index (χ0) is 17.4. The van der Waals surface area contributed by atoms with Crippen LogP contribution >= 0.6 is 0 Å². The molecule has 0 aromatic carbocycles. The molecule has 1 aromatic rings. The standard InChI is InChI=1S/C13H17F3N4O3/c1-7-5-19(6-8(2)20(7)12(21)22)11-17-4-9(13(14,15)16)10(18-11)23-3/h4,7-8H,5-6H2,1-3H3,(H,21,22)/t7-,8+. The minimum Gasteiger partial charge on any atom is -0.480 e. The number of halogens is 3. The van der Waals surface area contributed by atoms with Gasteiger partial charge >= 0.3 is 12.3 Å². The molecule has 2 atom stereocenters. The molecule has 0 saturated carbocycles. The van der Waals surface area contributed by atoms with Gasteiger partial charge in [0.15, 0.2) is 0 Å². The normalized spacial score (nSPS) is 22.2. The minimum atomic E-state index is -4.60. The van der Waals surface area contributed by atoms with Crippen molar-refractivity contribution in [2.24, 2.45) is 0 Å². The Balaban J connectivity index is 2.28. The molecule has 2 rings (SSSR count). The third-order valence-electron chi connectivity index (χ3n) is 3.66. The lowest BCUT2D eigenvalue weighted by Gasteiger charge is -2.42. The molecule has 1 saturated heterocycles. The second-order valence-electron chi connectivity index (χ2n) is 5.38. The summed E-state index contributed by atoms with van der Waals surface area (Å²) in [4.78, 5) is 21.8. The van der Waals surface area contributed by atoms with E-state index in [2.05, 4.69) is 9.97 Å². The number of alkyl halides is 3. The molecule has 1 N–H and O–H groups in total. The molecular weight excluding hydrogens is 317 g/mol. The highest BCUT2D eigenvalue weighted by molar-refractivity contribution is 5.66. The van der Waals surface area contributed by atoms with Gasteiger partial charge in [-0.25, -0.2) is 9.78 Å². The monoisotopic (exact) mass is 334 g/mol. The van der Waals surface area contributed by atoms with Gasteiger partial charge in [-0.2, -0.15) is 18.2 Å². The number of piperazine rings is 1. The first-order valence-corrected chi connectivity index (χ1v) is 6.89. The molecule has 1 aliphatic rings. The molecule has 0 aliphatic carbocycles. The fourth-order valence-corrected chi connectivity index (χ4v) is 2.72. The maximum absolute atomic E-state index is 12.8. The Morgan fingerprint density at radius 2 is 1.91 bits per heavy atom. The number of nitrogens with zero attached hydrogens (tertiary/aromatic N) is 4. The van der Waals surface area contributed by atoms with Gasteiger partial charge in [-0.1, -0.05) is 0 Å². The zero-order valence-electron chi connectivity index (χ0n) is 12.8. The van der Waals surface area contributed by atoms with Crippen LogP contribution in [-0.4, -0.2) is 58.4 Å². The van der Waals surface area contributed by atoms with Gasteiger partial charge in [0.1, 0.15) is 5.56 Å². The number of aromatic nitrogens is 2. The average molecular weight is 334 g/mol. The number of rotatable bonds is 2. The van der Waals surface area contributed by atoms with Crippen LogP contribution in [0, 0.1) is 0 Å². The summed E-state index contributed by atoms with van der Waals surface area (Å²) in [5, 5.41) is 9.18. The van der Waals surface area contributed by atoms with Gasteiger partial charge in [0.2, 0.25) is 11.8 Å². The van der Waals surface area contributed by atoms with Crippen LogP contribution in [0.3, 0.4) is 0 Å². The van der Waals surface area contributed by atoms with Crippen LogP contribution in [0.5, 0.6) is 5.88 Å². The van der Waals surface area contributed by atoms with Gasteiger partial charge in [-0.3, -0.25) is 4.90 Å². The highest BCUT2D eigenvalue weighted by atomic mass is 19.4. The van der Waals surface area contributed by atoms with Crippen LogP contribution in [0.2, 0.25) is 0 Å². The number of hydrogen-bond donors (Lipinski definition) is 1. The lowest BCUT2D eigenvalue weighted by Crippen LogP contribution is -2.58. The number of carboxylic acid groups (broad SMARTS) is 1. The molecule has 1 fully saturated rings. The Bertz CT molecular complexity index is 584. The van der Waals surface area contributed by atoms with E-state index in [9.17, 15) is 23.1 Å². The van der Waals surface area contributed by atoms with Gasteiger partial charge in [0.25, 0.3) is 0 Å². The Labute approximate surface area is 130 Å². The SMILES string of the molecule is COc1nc(N2C[C@@H](C)N(C(=O)O)[C@@H](C)C2)ncc1C(F)(F)F. The van der Waals surface area contributed by atoms with Crippen LogP contribution < -0.4 is 9.64 Å². The molecule has 0 radical (unpaired) electrons. The summed E-state index contributed by atoms with van der Waals surface area (Å²) in [7, 11) is 1.11. The number of methoxy groups -OCH3 is 1. The number of carbonyl (C=O) groups is 1. The van der Waals surface area contributed by atoms with Crippen molar-refractivity contribution in [1.82, 2.24) is 14.9 Å². The number of hydrogen-bond acceptors (Lipinski definition) is 5. The summed E-state index contributed by atoms with van der Waals surface area (Å²) in [6.07, 6.45) is -4.96. The highest BCUT2D eigenvalue weighted by Crippen LogP contribution is 2.35. The minimum absolute atomic E-state index is 0.0820. The quantitative estimate of drug-likeness (QED) is 0.892. The lowest BCUT2D eigenvalue weighted by molar-refractivity contribution is -0.139. The molecule has 0 unspecified atom stereocenters. The second-order valence-corrected chi connectivity index (χ2v) is 5.38. The highest BCUT2D eigenvalue weighted by Gasteiger charge is 2.38. The fourth-order valence-electron chi connectivity index (χ4n) is 2.72. The molecule has 7 nitrogen and oxygen atoms in total. The molecule has 1 aromatic heterocycles. The third-order valence-corrected chi connectivity index (χ3v) is 3.66. The molecule has 23 heavy (non-hydrogen) atoms. The molecule has 0 bridgehead atoms. The summed E-state index contributed by atoms with van der Waals surface area (Å²) in [6.45, 7) is 4.01. The van der Waals surface area contributed by atoms with E-state index in [1.165, 1.54) is 4.90 Å². The van der Waals surface area contributed by atoms with Crippen molar-refractivity contribution < 1.29 is 27.8 Å². The molecule has 1 aliphatic heterocycles. The Morgan fingerprint density at radius 1 is 1.35 bits per heavy atom. The van der Waals surface area contributed by atoms with E-state index in [4.69, 9.17) is 4.74 Å². The van der Waals surface area contributed by atoms with Gasteiger partial charge in [0.05, 0.1) is 19.2 Å². The van der Waals surface area contributed by atoms with Crippen molar-refractivity contribution in [2.75, 3.05) is 25.1 Å². The average Bonchev–Trinajstić information content (AvgIpc) is 2.44. The molecule has 2 heterocycles. The Hall–Kier alpha value is -2.26. The Kier molecular flexibility index (Phi) is 4.53. The molecule has 10 heteroatoms. The first-order valence-electron chi connectivity index (χ1n) is 6.89. The molecule has 128 valence electrons. The lowest BCUT2D eigenvalue weighted by atomic mass is 10.1. The van der Waals surface area contributed by atoms with Crippen LogP contribution in [0.1, 0.15) is 19.4 Å². The van der Waals surface area contributed by atoms with Crippen molar-refractivity contribution in [2.45, 2.75) is 32.1 Å². The number of anilines is 1. The van der Waals surface area contributed by atoms with Gasteiger partial charge in [0, 0.05) is 19.3 Å². The largest absolute Gasteiger partial charge is 0.480 e. The first kappa shape index (κ1) is 17.1. The predicted octanol–water partition coefficient (Wildman–Crippen LogP) is 2.08. The zero-order valence-corrected chi connectivity index (χ0v) is 12.8. The van der Waals surface area contributed by atoms with E-state index in [1.807, 2.05) is 0 Å². The summed E-state index contributed by atoms with van der Waals surface area (Å²) in [5.74, 6) is -0.470. The third kappa shape index (κ3) is 3.40. The predicted molar refractivity (Wildman–Crippen MR) is 74.6 cm³/mol. The van der Waals surface area contributed by atoms with E-state index < -0.39 is 23.7 Å². The van der Waals surface area contributed by atoms with Crippen LogP contribution in [0.25, 0.3) is 0 Å². The van der Waals surface area contributed by atoms with E-state index >= 15 is 0 Å². The maximum Gasteiger partial charge on any atom is 0.423 e. The van der Waals surface area contributed by atoms with E-state index in [-0.39, 0.29) is 31.1 Å². The first-order chi connectivity index (χ1) is 10.6. The molecular formula is C13H17F3N4O3. The van der Waals surface area contributed by atoms with E-state index in [0.29, 0.717) is 6.20 Å². The van der Waals surface area contributed by atoms with Crippen molar-refractivity contribution >= 4 is 12.0 Å². The second kappa shape index (κ2) is 6.09. The van der Waals surface area contributed by atoms with Gasteiger partial charge in [-0.05, 0) is 13.8 Å². The van der Waals surface area contributed by atoms with Gasteiger partial charge < -0.3 is 14.7 Å². The smallest absolute Gasteiger partial charge is 0.423 e. The van der Waals surface area contributed by atoms with Crippen molar-refractivity contribution in [3.63, 3.8) is 0 Å². The van der Waals surface area contributed by atoms with Crippen LogP contribution in [0.4, 0.5) is 23.9 Å². The molecule has 1 amide bonds. The summed E-state index contributed by atoms with van der Waals surface area (Å²) < 4.78 is 43.2. The fraction of sp³-hybridized carbons (Fsp3) is 0.615. The molecule has 0 spiro atoms. The van der Waals surface area contributed by atoms with Crippen molar-refractivity contribution in [1.29, 1.82) is 0 Å².